The SMILES string of the molecule is CO[C@H]1C[C@H](O[C@H]2CC[C@@]3(C)[C@@H](CC[C@@H]4[C@@H]3CC[C@]35CO[C@@](C)(O)[C@H]3CC[C@]45O)C2)O[C@@H](C)[C@@H]1N. The van der Waals surface area contributed by atoms with Gasteiger partial charge in [-0.25, -0.2) is 0 Å². The molecular formula is C28H47NO6. The summed E-state index contributed by atoms with van der Waals surface area (Å²) in [6, 6.07) is -0.116. The van der Waals surface area contributed by atoms with Gasteiger partial charge in [-0.05, 0) is 94.8 Å². The van der Waals surface area contributed by atoms with Crippen molar-refractivity contribution in [1.82, 2.24) is 0 Å². The summed E-state index contributed by atoms with van der Waals surface area (Å²) in [6.45, 7) is 6.82. The highest BCUT2D eigenvalue weighted by atomic mass is 16.7. The molecule has 0 radical (unpaired) electrons. The second kappa shape index (κ2) is 8.36. The third kappa shape index (κ3) is 3.48. The summed E-state index contributed by atoms with van der Waals surface area (Å²) < 4.78 is 24.2. The average molecular weight is 494 g/mol. The van der Waals surface area contributed by atoms with Gasteiger partial charge in [0.05, 0.1) is 36.6 Å². The summed E-state index contributed by atoms with van der Waals surface area (Å²) in [7, 11) is 1.72. The van der Waals surface area contributed by atoms with Crippen LogP contribution in [-0.2, 0) is 18.9 Å². The van der Waals surface area contributed by atoms with Gasteiger partial charge in [-0.1, -0.05) is 6.92 Å². The van der Waals surface area contributed by atoms with Gasteiger partial charge in [-0.15, -0.1) is 0 Å². The molecule has 0 amide bonds. The number of nitrogens with two attached hydrogens (primary N) is 1. The van der Waals surface area contributed by atoms with Crippen molar-refractivity contribution >= 4 is 0 Å². The zero-order valence-electron chi connectivity index (χ0n) is 22.1. The Kier molecular flexibility index (Phi) is 5.98. The van der Waals surface area contributed by atoms with Crippen LogP contribution in [0, 0.1) is 34.5 Å². The summed E-state index contributed by atoms with van der Waals surface area (Å²) in [5, 5.41) is 23.2. The lowest BCUT2D eigenvalue weighted by molar-refractivity contribution is -0.255. The van der Waals surface area contributed by atoms with Crippen LogP contribution in [0.25, 0.3) is 0 Å². The number of methoxy groups -OCH3 is 1. The monoisotopic (exact) mass is 493 g/mol. The summed E-state index contributed by atoms with van der Waals surface area (Å²) in [4.78, 5) is 0. The maximum Gasteiger partial charge on any atom is 0.166 e. The van der Waals surface area contributed by atoms with E-state index in [1.165, 1.54) is 0 Å². The van der Waals surface area contributed by atoms with E-state index in [1.807, 2.05) is 13.8 Å². The molecule has 6 fully saturated rings. The Morgan fingerprint density at radius 2 is 1.74 bits per heavy atom. The Bertz CT molecular complexity index is 823. The molecule has 4 aliphatic carbocycles. The van der Waals surface area contributed by atoms with Crippen LogP contribution in [0.15, 0.2) is 0 Å². The first-order chi connectivity index (χ1) is 16.5. The lowest BCUT2D eigenvalue weighted by Gasteiger charge is -2.63. The number of rotatable bonds is 3. The first-order valence-electron chi connectivity index (χ1n) is 14.2. The Balaban J connectivity index is 1.15. The molecule has 2 aliphatic heterocycles. The molecule has 7 nitrogen and oxygen atoms in total. The topological polar surface area (TPSA) is 103 Å². The zero-order valence-corrected chi connectivity index (χ0v) is 22.1. The third-order valence-corrected chi connectivity index (χ3v) is 12.2. The van der Waals surface area contributed by atoms with Crippen LogP contribution in [0.2, 0.25) is 0 Å². The molecule has 0 bridgehead atoms. The lowest BCUT2D eigenvalue weighted by atomic mass is 9.43. The van der Waals surface area contributed by atoms with E-state index in [0.29, 0.717) is 30.8 Å². The Morgan fingerprint density at radius 3 is 2.51 bits per heavy atom. The molecule has 2 heterocycles. The zero-order chi connectivity index (χ0) is 24.8. The van der Waals surface area contributed by atoms with E-state index in [9.17, 15) is 10.2 Å². The molecule has 0 aromatic carbocycles. The molecule has 7 heteroatoms. The van der Waals surface area contributed by atoms with Gasteiger partial charge in [-0.3, -0.25) is 0 Å². The molecular weight excluding hydrogens is 446 g/mol. The van der Waals surface area contributed by atoms with Crippen molar-refractivity contribution in [3.63, 3.8) is 0 Å². The van der Waals surface area contributed by atoms with Gasteiger partial charge in [0.2, 0.25) is 0 Å². The number of fused-ring (bicyclic) bond motifs is 4. The van der Waals surface area contributed by atoms with Crippen LogP contribution in [-0.4, -0.2) is 66.0 Å². The smallest absolute Gasteiger partial charge is 0.166 e. The minimum Gasteiger partial charge on any atom is -0.389 e. The van der Waals surface area contributed by atoms with Gasteiger partial charge in [-0.2, -0.15) is 0 Å². The summed E-state index contributed by atoms with van der Waals surface area (Å²) in [6.07, 6.45) is 9.80. The fourth-order valence-electron chi connectivity index (χ4n) is 10.2. The predicted molar refractivity (Wildman–Crippen MR) is 130 cm³/mol. The number of hydrogen-bond acceptors (Lipinski definition) is 7. The van der Waals surface area contributed by atoms with E-state index in [2.05, 4.69) is 6.92 Å². The molecule has 0 unspecified atom stereocenters. The van der Waals surface area contributed by atoms with Crippen molar-refractivity contribution in [1.29, 1.82) is 0 Å². The van der Waals surface area contributed by atoms with Gasteiger partial charge < -0.3 is 34.9 Å². The molecule has 0 aromatic rings. The molecule has 13 atom stereocenters. The molecule has 200 valence electrons. The molecule has 4 saturated carbocycles. The highest BCUT2D eigenvalue weighted by Gasteiger charge is 2.74. The van der Waals surface area contributed by atoms with Gasteiger partial charge in [0.1, 0.15) is 0 Å². The predicted octanol–water partition coefficient (Wildman–Crippen LogP) is 3.34. The van der Waals surface area contributed by atoms with Gasteiger partial charge in [0.15, 0.2) is 12.1 Å². The first-order valence-corrected chi connectivity index (χ1v) is 14.2. The Labute approximate surface area is 210 Å². The third-order valence-electron chi connectivity index (χ3n) is 12.2. The Morgan fingerprint density at radius 1 is 0.943 bits per heavy atom. The van der Waals surface area contributed by atoms with Gasteiger partial charge >= 0.3 is 0 Å². The number of hydrogen-bond donors (Lipinski definition) is 3. The second-order valence-electron chi connectivity index (χ2n) is 13.4. The van der Waals surface area contributed by atoms with Crippen LogP contribution in [0.4, 0.5) is 0 Å². The maximum atomic E-state index is 12.3. The van der Waals surface area contributed by atoms with Gasteiger partial charge in [0, 0.05) is 24.9 Å². The van der Waals surface area contributed by atoms with Crippen LogP contribution in [0.1, 0.15) is 85.0 Å². The molecule has 6 aliphatic rings. The fraction of sp³-hybridized carbons (Fsp3) is 1.00. The van der Waals surface area contributed by atoms with Crippen molar-refractivity contribution in [3.05, 3.63) is 0 Å². The molecule has 35 heavy (non-hydrogen) atoms. The fourth-order valence-corrected chi connectivity index (χ4v) is 10.2. The largest absolute Gasteiger partial charge is 0.389 e. The second-order valence-corrected chi connectivity index (χ2v) is 13.4. The average Bonchev–Trinajstić information content (AvgIpc) is 3.28. The number of aliphatic hydroxyl groups is 2. The van der Waals surface area contributed by atoms with Crippen molar-refractivity contribution in [2.75, 3.05) is 13.7 Å². The van der Waals surface area contributed by atoms with Crippen LogP contribution in [0.5, 0.6) is 0 Å². The highest BCUT2D eigenvalue weighted by Crippen LogP contribution is 2.72. The standard InChI is InChI=1S/C28H47NO6/c1-16-24(29)21(32-4)14-23(34-16)35-18-7-10-25(2)17(13-18)5-6-20-19(25)8-11-27-15-33-26(3,30)22(27)9-12-28(20,27)31/h16-24,30-31H,5-15,29H2,1-4H3/t16-,17-,18-,19-,20+,21-,22+,23-,24-,25-,26+,27-,28-/m0/s1. The summed E-state index contributed by atoms with van der Waals surface area (Å²) >= 11 is 0. The van der Waals surface area contributed by atoms with Crippen molar-refractivity contribution in [2.45, 2.75) is 127 Å². The maximum absolute atomic E-state index is 12.3. The van der Waals surface area contributed by atoms with E-state index in [1.54, 1.807) is 7.11 Å². The first kappa shape index (κ1) is 25.0. The van der Waals surface area contributed by atoms with E-state index >= 15 is 0 Å². The van der Waals surface area contributed by atoms with Crippen molar-refractivity contribution in [3.8, 4) is 0 Å². The van der Waals surface area contributed by atoms with E-state index in [4.69, 9.17) is 24.7 Å². The minimum atomic E-state index is -1.10. The molecule has 1 spiro atoms. The van der Waals surface area contributed by atoms with E-state index in [0.717, 1.165) is 57.8 Å². The molecule has 4 N–H and O–H groups in total. The van der Waals surface area contributed by atoms with Crippen LogP contribution in [0.3, 0.4) is 0 Å². The molecule has 6 rings (SSSR count). The van der Waals surface area contributed by atoms with Crippen LogP contribution >= 0.6 is 0 Å². The summed E-state index contributed by atoms with van der Waals surface area (Å²) in [5.74, 6) is 0.408. The van der Waals surface area contributed by atoms with Crippen molar-refractivity contribution in [2.24, 2.45) is 40.2 Å². The van der Waals surface area contributed by atoms with E-state index < -0.39 is 11.4 Å². The quantitative estimate of drug-likeness (QED) is 0.518. The van der Waals surface area contributed by atoms with Crippen LogP contribution < -0.4 is 5.73 Å². The minimum absolute atomic E-state index is 0.0288. The normalized spacial score (nSPS) is 59.9. The van der Waals surface area contributed by atoms with Gasteiger partial charge in [0.25, 0.3) is 0 Å². The lowest BCUT2D eigenvalue weighted by Crippen LogP contribution is -2.63. The molecule has 2 saturated heterocycles. The van der Waals surface area contributed by atoms with Crippen molar-refractivity contribution < 1.29 is 29.2 Å². The number of ether oxygens (including phenoxy) is 4. The molecule has 0 aromatic heterocycles. The highest BCUT2D eigenvalue weighted by molar-refractivity contribution is 5.21. The van der Waals surface area contributed by atoms with E-state index in [-0.39, 0.29) is 47.4 Å². The summed E-state index contributed by atoms with van der Waals surface area (Å²) in [5.41, 5.74) is 5.50. The Hall–Kier alpha value is -0.280.